The summed E-state index contributed by atoms with van der Waals surface area (Å²) in [6, 6.07) is 18.1. The molecule has 0 heterocycles. The summed E-state index contributed by atoms with van der Waals surface area (Å²) in [4.78, 5) is 14.3. The molecule has 0 bridgehead atoms. The Morgan fingerprint density at radius 1 is 1.03 bits per heavy atom. The second kappa shape index (κ2) is 10.7. The lowest BCUT2D eigenvalue weighted by Gasteiger charge is -2.28. The molecule has 3 rings (SSSR count). The average Bonchev–Trinajstić information content (AvgIpc) is 2.77. The summed E-state index contributed by atoms with van der Waals surface area (Å²) >= 11 is 5.82. The van der Waals surface area contributed by atoms with Crippen LogP contribution in [0.3, 0.4) is 0 Å². The standard InChI is InChI=1S/C26H27ClF2N2O2/c1-26(2,3)33-25(32)31(17-18-9-11-20(28)12-10-18)24-15-21(19-7-5-4-6-8-19)23(16-22(24)29)30-14-13-27/h4-12,15-16,30H,13-14,17H2,1-3H3. The fraction of sp³-hybridized carbons (Fsp3) is 0.269. The Hall–Kier alpha value is -3.12. The summed E-state index contributed by atoms with van der Waals surface area (Å²) in [6.45, 7) is 5.68. The van der Waals surface area contributed by atoms with Gasteiger partial charge in [-0.05, 0) is 56.2 Å². The SMILES string of the molecule is CC(C)(C)OC(=O)N(Cc1ccc(F)cc1)c1cc(-c2ccccc2)c(NCCCl)cc1F. The van der Waals surface area contributed by atoms with Crippen molar-refractivity contribution in [3.8, 4) is 11.1 Å². The molecule has 0 spiro atoms. The molecule has 0 radical (unpaired) electrons. The van der Waals surface area contributed by atoms with E-state index >= 15 is 4.39 Å². The van der Waals surface area contributed by atoms with Crippen LogP contribution in [0, 0.1) is 11.6 Å². The maximum Gasteiger partial charge on any atom is 0.415 e. The Balaban J connectivity index is 2.11. The normalized spacial score (nSPS) is 11.2. The lowest BCUT2D eigenvalue weighted by atomic mass is 10.0. The Morgan fingerprint density at radius 2 is 1.70 bits per heavy atom. The van der Waals surface area contributed by atoms with E-state index in [-0.39, 0.29) is 12.2 Å². The maximum absolute atomic E-state index is 15.4. The number of rotatable bonds is 7. The minimum atomic E-state index is -0.779. The van der Waals surface area contributed by atoms with Gasteiger partial charge < -0.3 is 10.1 Å². The topological polar surface area (TPSA) is 41.6 Å². The fourth-order valence-corrected chi connectivity index (χ4v) is 3.39. The molecule has 0 aliphatic carbocycles. The second-order valence-electron chi connectivity index (χ2n) is 8.52. The van der Waals surface area contributed by atoms with Gasteiger partial charge in [-0.15, -0.1) is 11.6 Å². The third kappa shape index (κ3) is 6.68. The van der Waals surface area contributed by atoms with Crippen molar-refractivity contribution < 1.29 is 18.3 Å². The predicted molar refractivity (Wildman–Crippen MR) is 130 cm³/mol. The summed E-state index contributed by atoms with van der Waals surface area (Å²) in [5.74, 6) is -0.638. The van der Waals surface area contributed by atoms with E-state index < -0.39 is 23.3 Å². The van der Waals surface area contributed by atoms with E-state index in [1.807, 2.05) is 30.3 Å². The number of benzene rings is 3. The first-order valence-corrected chi connectivity index (χ1v) is 11.1. The van der Waals surface area contributed by atoms with Gasteiger partial charge in [0.05, 0.1) is 12.2 Å². The van der Waals surface area contributed by atoms with Crippen molar-refractivity contribution in [2.45, 2.75) is 32.9 Å². The summed E-state index contributed by atoms with van der Waals surface area (Å²) in [6.07, 6.45) is -0.703. The van der Waals surface area contributed by atoms with Crippen LogP contribution in [-0.2, 0) is 11.3 Å². The Labute approximate surface area is 198 Å². The van der Waals surface area contributed by atoms with Gasteiger partial charge in [0.15, 0.2) is 0 Å². The summed E-state index contributed by atoms with van der Waals surface area (Å²) in [5.41, 5.74) is 2.04. The van der Waals surface area contributed by atoms with E-state index in [1.54, 1.807) is 39.0 Å². The zero-order valence-electron chi connectivity index (χ0n) is 18.9. The van der Waals surface area contributed by atoms with Crippen LogP contribution < -0.4 is 10.2 Å². The van der Waals surface area contributed by atoms with E-state index in [0.29, 0.717) is 29.2 Å². The highest BCUT2D eigenvalue weighted by Crippen LogP contribution is 2.35. The first-order chi connectivity index (χ1) is 15.7. The van der Waals surface area contributed by atoms with Crippen molar-refractivity contribution in [3.05, 3.63) is 83.9 Å². The van der Waals surface area contributed by atoms with Crippen molar-refractivity contribution in [3.63, 3.8) is 0 Å². The molecule has 33 heavy (non-hydrogen) atoms. The Kier molecular flexibility index (Phi) is 7.92. The van der Waals surface area contributed by atoms with Crippen LogP contribution in [0.1, 0.15) is 26.3 Å². The Bertz CT molecular complexity index is 1080. The van der Waals surface area contributed by atoms with Crippen LogP contribution in [0.15, 0.2) is 66.7 Å². The number of nitrogens with zero attached hydrogens (tertiary/aromatic N) is 1. The molecule has 4 nitrogen and oxygen atoms in total. The number of amides is 1. The van der Waals surface area contributed by atoms with Crippen LogP contribution >= 0.6 is 11.6 Å². The number of halogens is 3. The molecular formula is C26H27ClF2N2O2. The first-order valence-electron chi connectivity index (χ1n) is 10.6. The molecule has 0 aliphatic rings. The zero-order chi connectivity index (χ0) is 24.0. The molecule has 0 saturated heterocycles. The van der Waals surface area contributed by atoms with Gasteiger partial charge in [-0.2, -0.15) is 0 Å². The smallest absolute Gasteiger partial charge is 0.415 e. The summed E-state index contributed by atoms with van der Waals surface area (Å²) in [7, 11) is 0. The summed E-state index contributed by atoms with van der Waals surface area (Å²) < 4.78 is 34.4. The molecule has 1 N–H and O–H groups in total. The number of carbonyl (C=O) groups is 1. The van der Waals surface area contributed by atoms with Crippen molar-refractivity contribution in [2.75, 3.05) is 22.6 Å². The highest BCUT2D eigenvalue weighted by molar-refractivity contribution is 6.18. The van der Waals surface area contributed by atoms with Gasteiger partial charge >= 0.3 is 6.09 Å². The van der Waals surface area contributed by atoms with Gasteiger partial charge in [0.25, 0.3) is 0 Å². The number of carbonyl (C=O) groups excluding carboxylic acids is 1. The van der Waals surface area contributed by atoms with E-state index in [9.17, 15) is 9.18 Å². The van der Waals surface area contributed by atoms with Gasteiger partial charge in [0, 0.05) is 23.7 Å². The molecule has 3 aromatic rings. The van der Waals surface area contributed by atoms with E-state index in [2.05, 4.69) is 5.32 Å². The van der Waals surface area contributed by atoms with Crippen LogP contribution in [0.4, 0.5) is 25.0 Å². The highest BCUT2D eigenvalue weighted by Gasteiger charge is 2.27. The van der Waals surface area contributed by atoms with Crippen LogP contribution in [0.25, 0.3) is 11.1 Å². The van der Waals surface area contributed by atoms with Crippen LogP contribution in [0.2, 0.25) is 0 Å². The number of hydrogen-bond acceptors (Lipinski definition) is 3. The number of hydrogen-bond donors (Lipinski definition) is 1. The average molecular weight is 473 g/mol. The van der Waals surface area contributed by atoms with E-state index in [4.69, 9.17) is 16.3 Å². The second-order valence-corrected chi connectivity index (χ2v) is 8.90. The fourth-order valence-electron chi connectivity index (χ4n) is 3.29. The molecule has 0 aliphatic heterocycles. The maximum atomic E-state index is 15.4. The largest absolute Gasteiger partial charge is 0.443 e. The molecule has 3 aromatic carbocycles. The van der Waals surface area contributed by atoms with Crippen molar-refractivity contribution >= 4 is 29.1 Å². The van der Waals surface area contributed by atoms with E-state index in [1.165, 1.54) is 23.1 Å². The quantitative estimate of drug-likeness (QED) is 0.369. The molecule has 0 fully saturated rings. The molecular weight excluding hydrogens is 446 g/mol. The van der Waals surface area contributed by atoms with Crippen molar-refractivity contribution in [2.24, 2.45) is 0 Å². The van der Waals surface area contributed by atoms with E-state index in [0.717, 1.165) is 5.56 Å². The molecule has 1 amide bonds. The van der Waals surface area contributed by atoms with Gasteiger partial charge in [0.1, 0.15) is 17.2 Å². The molecule has 174 valence electrons. The monoisotopic (exact) mass is 472 g/mol. The predicted octanol–water partition coefficient (Wildman–Crippen LogP) is 7.22. The summed E-state index contributed by atoms with van der Waals surface area (Å²) in [5, 5.41) is 3.14. The number of alkyl halides is 1. The molecule has 0 aromatic heterocycles. The van der Waals surface area contributed by atoms with Crippen molar-refractivity contribution in [1.29, 1.82) is 0 Å². The molecule has 0 atom stereocenters. The molecule has 0 saturated carbocycles. The molecule has 7 heteroatoms. The van der Waals surface area contributed by atoms with Gasteiger partial charge in [-0.3, -0.25) is 4.90 Å². The lowest BCUT2D eigenvalue weighted by Crippen LogP contribution is -2.37. The van der Waals surface area contributed by atoms with Crippen LogP contribution in [0.5, 0.6) is 0 Å². The third-order valence-electron chi connectivity index (χ3n) is 4.74. The highest BCUT2D eigenvalue weighted by atomic mass is 35.5. The number of ether oxygens (including phenoxy) is 1. The van der Waals surface area contributed by atoms with Crippen molar-refractivity contribution in [1.82, 2.24) is 0 Å². The lowest BCUT2D eigenvalue weighted by molar-refractivity contribution is 0.0576. The minimum Gasteiger partial charge on any atom is -0.443 e. The van der Waals surface area contributed by atoms with Crippen LogP contribution in [-0.4, -0.2) is 24.1 Å². The minimum absolute atomic E-state index is 0.00873. The zero-order valence-corrected chi connectivity index (χ0v) is 19.6. The first kappa shape index (κ1) is 24.5. The van der Waals surface area contributed by atoms with Gasteiger partial charge in [0.2, 0.25) is 0 Å². The van der Waals surface area contributed by atoms with Gasteiger partial charge in [-0.1, -0.05) is 42.5 Å². The Morgan fingerprint density at radius 3 is 2.30 bits per heavy atom. The third-order valence-corrected chi connectivity index (χ3v) is 4.93. The van der Waals surface area contributed by atoms with Gasteiger partial charge in [-0.25, -0.2) is 13.6 Å². The molecule has 0 unspecified atom stereocenters. The number of nitrogens with one attached hydrogen (secondary N) is 1. The number of anilines is 2.